The Bertz CT molecular complexity index is 996. The number of hydrogen-bond acceptors (Lipinski definition) is 5. The number of rotatable bonds is 5. The summed E-state index contributed by atoms with van der Waals surface area (Å²) in [6.45, 7) is 3.36. The lowest BCUT2D eigenvalue weighted by Crippen LogP contribution is -2.39. The Kier molecular flexibility index (Phi) is 5.85. The molecule has 1 N–H and O–H groups in total. The number of piperidine rings is 1. The highest BCUT2D eigenvalue weighted by Gasteiger charge is 2.25. The minimum atomic E-state index is 0.000452. The molecular weight excluding hydrogens is 384 g/mol. The highest BCUT2D eigenvalue weighted by Crippen LogP contribution is 2.23. The molecule has 1 atom stereocenters. The summed E-state index contributed by atoms with van der Waals surface area (Å²) in [6.07, 6.45) is 2.20. The predicted molar refractivity (Wildman–Crippen MR) is 114 cm³/mol. The predicted octanol–water partition coefficient (Wildman–Crippen LogP) is 3.81. The Balaban J connectivity index is 1.27. The molecule has 1 saturated heterocycles. The maximum absolute atomic E-state index is 12.8. The molecule has 0 saturated carbocycles. The number of hydrogen-bond donors (Lipinski definition) is 1. The second-order valence-electron chi connectivity index (χ2n) is 7.61. The number of nitrogens with zero attached hydrogens (tertiary/aromatic N) is 3. The van der Waals surface area contributed by atoms with Gasteiger partial charge in [-0.25, -0.2) is 0 Å². The van der Waals surface area contributed by atoms with Gasteiger partial charge in [-0.05, 0) is 49.4 Å². The van der Waals surface area contributed by atoms with Crippen molar-refractivity contribution in [1.82, 2.24) is 19.0 Å². The Morgan fingerprint density at radius 1 is 1.10 bits per heavy atom. The minimum Gasteiger partial charge on any atom is -0.350 e. The van der Waals surface area contributed by atoms with Gasteiger partial charge >= 0.3 is 0 Å². The van der Waals surface area contributed by atoms with Crippen LogP contribution in [0, 0.1) is 5.92 Å². The van der Waals surface area contributed by atoms with E-state index in [2.05, 4.69) is 14.1 Å². The Morgan fingerprint density at radius 3 is 2.59 bits per heavy atom. The van der Waals surface area contributed by atoms with E-state index in [9.17, 15) is 9.59 Å². The van der Waals surface area contributed by atoms with Gasteiger partial charge in [0.1, 0.15) is 11.0 Å². The van der Waals surface area contributed by atoms with Crippen LogP contribution in [0.1, 0.15) is 48.1 Å². The van der Waals surface area contributed by atoms with Crippen LogP contribution in [-0.2, 0) is 4.79 Å². The van der Waals surface area contributed by atoms with Crippen molar-refractivity contribution >= 4 is 34.6 Å². The molecule has 2 aromatic carbocycles. The molecule has 150 valence electrons. The van der Waals surface area contributed by atoms with Crippen LogP contribution in [0.15, 0.2) is 48.5 Å². The molecule has 29 heavy (non-hydrogen) atoms. The fraction of sp³-hybridized carbons (Fsp3) is 0.364. The number of nitrogens with one attached hydrogen (secondary N) is 1. The van der Waals surface area contributed by atoms with E-state index in [1.165, 1.54) is 0 Å². The minimum absolute atomic E-state index is 0.000452. The summed E-state index contributed by atoms with van der Waals surface area (Å²) in [7, 11) is 0. The van der Waals surface area contributed by atoms with Crippen molar-refractivity contribution in [3.63, 3.8) is 0 Å². The van der Waals surface area contributed by atoms with Crippen molar-refractivity contribution in [2.24, 2.45) is 5.92 Å². The van der Waals surface area contributed by atoms with Gasteiger partial charge in [0, 0.05) is 25.1 Å². The van der Waals surface area contributed by atoms with Gasteiger partial charge in [0.05, 0.1) is 17.8 Å². The van der Waals surface area contributed by atoms with Gasteiger partial charge in [-0.15, -0.1) is 0 Å². The zero-order chi connectivity index (χ0) is 20.2. The molecule has 6 nitrogen and oxygen atoms in total. The Hall–Kier alpha value is -2.80. The van der Waals surface area contributed by atoms with Crippen molar-refractivity contribution in [3.8, 4) is 0 Å². The maximum Gasteiger partial charge on any atom is 0.253 e. The standard InChI is InChI=1S/C22H24N4O2S/c1-15(17-5-3-2-4-6-17)23-21(27)13-16-9-11-26(12-10-16)22(28)18-7-8-19-20(14-18)25-29-24-19/h2-8,14-16H,9-13H2,1H3,(H,23,27)/t15-/m0/s1. The number of likely N-dealkylation sites (tertiary alicyclic amines) is 1. The summed E-state index contributed by atoms with van der Waals surface area (Å²) in [5.41, 5.74) is 3.34. The molecule has 1 aliphatic rings. The molecule has 0 bridgehead atoms. The molecule has 1 aliphatic heterocycles. The first kappa shape index (κ1) is 19.5. The lowest BCUT2D eigenvalue weighted by molar-refractivity contribution is -0.122. The summed E-state index contributed by atoms with van der Waals surface area (Å²) in [5.74, 6) is 0.417. The van der Waals surface area contributed by atoms with E-state index >= 15 is 0 Å². The van der Waals surface area contributed by atoms with E-state index in [-0.39, 0.29) is 17.9 Å². The third-order valence-corrected chi connectivity index (χ3v) is 6.11. The normalized spacial score (nSPS) is 16.0. The smallest absolute Gasteiger partial charge is 0.253 e. The van der Waals surface area contributed by atoms with Crippen LogP contribution in [0.25, 0.3) is 11.0 Å². The van der Waals surface area contributed by atoms with Crippen LogP contribution >= 0.6 is 11.7 Å². The average molecular weight is 409 g/mol. The zero-order valence-electron chi connectivity index (χ0n) is 16.4. The van der Waals surface area contributed by atoms with E-state index in [1.54, 1.807) is 0 Å². The van der Waals surface area contributed by atoms with E-state index in [0.29, 0.717) is 31.0 Å². The first-order valence-corrected chi connectivity index (χ1v) is 10.7. The maximum atomic E-state index is 12.8. The number of amides is 2. The third-order valence-electron chi connectivity index (χ3n) is 5.55. The molecule has 0 spiro atoms. The van der Waals surface area contributed by atoms with Crippen LogP contribution in [0.3, 0.4) is 0 Å². The summed E-state index contributed by atoms with van der Waals surface area (Å²) < 4.78 is 8.39. The summed E-state index contributed by atoms with van der Waals surface area (Å²) in [5, 5.41) is 3.09. The van der Waals surface area contributed by atoms with Gasteiger partial charge in [0.2, 0.25) is 5.91 Å². The van der Waals surface area contributed by atoms with E-state index in [1.807, 2.05) is 60.4 Å². The Labute approximate surface area is 174 Å². The molecule has 7 heteroatoms. The highest BCUT2D eigenvalue weighted by molar-refractivity contribution is 7.00. The van der Waals surface area contributed by atoms with Gasteiger partial charge in [-0.2, -0.15) is 8.75 Å². The van der Waals surface area contributed by atoms with Crippen molar-refractivity contribution in [1.29, 1.82) is 0 Å². The third kappa shape index (κ3) is 4.62. The summed E-state index contributed by atoms with van der Waals surface area (Å²) in [6, 6.07) is 15.4. The molecule has 2 amide bonds. The SMILES string of the molecule is C[C@H](NC(=O)CC1CCN(C(=O)c2ccc3nsnc3c2)CC1)c1ccccc1. The van der Waals surface area contributed by atoms with Crippen molar-refractivity contribution in [2.75, 3.05) is 13.1 Å². The van der Waals surface area contributed by atoms with Crippen LogP contribution in [0.4, 0.5) is 0 Å². The van der Waals surface area contributed by atoms with Crippen LogP contribution in [0.5, 0.6) is 0 Å². The van der Waals surface area contributed by atoms with E-state index < -0.39 is 0 Å². The fourth-order valence-corrected chi connectivity index (χ4v) is 4.34. The lowest BCUT2D eigenvalue weighted by atomic mass is 9.92. The number of carbonyl (C=O) groups excluding carboxylic acids is 2. The molecule has 2 heterocycles. The highest BCUT2D eigenvalue weighted by atomic mass is 32.1. The van der Waals surface area contributed by atoms with Crippen LogP contribution < -0.4 is 5.32 Å². The molecule has 1 fully saturated rings. The van der Waals surface area contributed by atoms with E-state index in [0.717, 1.165) is 41.2 Å². The van der Waals surface area contributed by atoms with E-state index in [4.69, 9.17) is 0 Å². The molecule has 4 rings (SSSR count). The zero-order valence-corrected chi connectivity index (χ0v) is 17.2. The quantitative estimate of drug-likeness (QED) is 0.697. The van der Waals surface area contributed by atoms with Crippen molar-refractivity contribution in [3.05, 3.63) is 59.7 Å². The van der Waals surface area contributed by atoms with Crippen LogP contribution in [-0.4, -0.2) is 38.6 Å². The van der Waals surface area contributed by atoms with Crippen molar-refractivity contribution < 1.29 is 9.59 Å². The van der Waals surface area contributed by atoms with Gasteiger partial charge in [0.25, 0.3) is 5.91 Å². The largest absolute Gasteiger partial charge is 0.350 e. The second kappa shape index (κ2) is 8.69. The van der Waals surface area contributed by atoms with Gasteiger partial charge in [-0.1, -0.05) is 30.3 Å². The van der Waals surface area contributed by atoms with Gasteiger partial charge < -0.3 is 10.2 Å². The second-order valence-corrected chi connectivity index (χ2v) is 8.14. The number of benzene rings is 2. The number of aromatic nitrogens is 2. The summed E-state index contributed by atoms with van der Waals surface area (Å²) >= 11 is 1.15. The monoisotopic (exact) mass is 408 g/mol. The van der Waals surface area contributed by atoms with Gasteiger partial charge in [0.15, 0.2) is 0 Å². The first-order valence-electron chi connectivity index (χ1n) is 9.96. The van der Waals surface area contributed by atoms with Crippen LogP contribution in [0.2, 0.25) is 0 Å². The molecule has 0 radical (unpaired) electrons. The number of fused-ring (bicyclic) bond motifs is 1. The molecule has 0 aliphatic carbocycles. The molecule has 0 unspecified atom stereocenters. The lowest BCUT2D eigenvalue weighted by Gasteiger charge is -2.32. The van der Waals surface area contributed by atoms with Gasteiger partial charge in [-0.3, -0.25) is 9.59 Å². The fourth-order valence-electron chi connectivity index (χ4n) is 3.83. The summed E-state index contributed by atoms with van der Waals surface area (Å²) in [4.78, 5) is 27.1. The first-order chi connectivity index (χ1) is 14.1. The molecule has 3 aromatic rings. The number of carbonyl (C=O) groups is 2. The topological polar surface area (TPSA) is 75.2 Å². The molecular formula is C22H24N4O2S. The average Bonchev–Trinajstić information content (AvgIpc) is 3.22. The Morgan fingerprint density at radius 2 is 1.83 bits per heavy atom. The van der Waals surface area contributed by atoms with Crippen molar-refractivity contribution in [2.45, 2.75) is 32.2 Å². The molecule has 1 aromatic heterocycles.